The van der Waals surface area contributed by atoms with Crippen molar-refractivity contribution in [2.24, 2.45) is 0 Å². The number of hydrogen-bond donors (Lipinski definition) is 1. The standard InChI is InChI=1S/C19H28N2O2.C3H6/c1-14(2)20-17(13-21-8-4-5-9-21)15(3)16-6-7-18-19(12-16)23-11-10-22-18;1-3-2/h6-7,12,15,17,20H,1,4-5,8-11,13H2,2-3H3;3H,1H2,2H3. The Kier molecular flexibility index (Phi) is 8.05. The fourth-order valence-electron chi connectivity index (χ4n) is 3.46. The van der Waals surface area contributed by atoms with Gasteiger partial charge < -0.3 is 19.7 Å². The van der Waals surface area contributed by atoms with Gasteiger partial charge in [0.05, 0.1) is 0 Å². The molecule has 1 aromatic carbocycles. The van der Waals surface area contributed by atoms with E-state index in [4.69, 9.17) is 9.47 Å². The van der Waals surface area contributed by atoms with E-state index in [-0.39, 0.29) is 0 Å². The Morgan fingerprint density at radius 1 is 1.23 bits per heavy atom. The second-order valence-corrected chi connectivity index (χ2v) is 7.14. The summed E-state index contributed by atoms with van der Waals surface area (Å²) in [4.78, 5) is 2.55. The fourth-order valence-corrected chi connectivity index (χ4v) is 3.46. The van der Waals surface area contributed by atoms with Crippen molar-refractivity contribution in [3.8, 4) is 11.5 Å². The molecule has 1 fully saturated rings. The highest BCUT2D eigenvalue weighted by Gasteiger charge is 2.24. The third-order valence-electron chi connectivity index (χ3n) is 4.78. The first kappa shape index (κ1) is 20.4. The molecule has 1 aromatic rings. The lowest BCUT2D eigenvalue weighted by molar-refractivity contribution is 0.171. The van der Waals surface area contributed by atoms with Gasteiger partial charge in [0.1, 0.15) is 13.2 Å². The van der Waals surface area contributed by atoms with E-state index in [1.165, 1.54) is 31.5 Å². The molecule has 0 spiro atoms. The molecule has 2 heterocycles. The van der Waals surface area contributed by atoms with Crippen LogP contribution in [-0.2, 0) is 0 Å². The molecule has 144 valence electrons. The molecule has 0 saturated carbocycles. The second-order valence-electron chi connectivity index (χ2n) is 7.14. The molecule has 0 aromatic heterocycles. The van der Waals surface area contributed by atoms with Gasteiger partial charge in [0.2, 0.25) is 0 Å². The number of nitrogens with one attached hydrogen (secondary N) is 1. The van der Waals surface area contributed by atoms with Gasteiger partial charge in [-0.15, -0.1) is 6.58 Å². The van der Waals surface area contributed by atoms with E-state index in [9.17, 15) is 0 Å². The molecule has 4 nitrogen and oxygen atoms in total. The lowest BCUT2D eigenvalue weighted by Gasteiger charge is -2.31. The number of ether oxygens (including phenoxy) is 2. The topological polar surface area (TPSA) is 33.7 Å². The van der Waals surface area contributed by atoms with Crippen molar-refractivity contribution >= 4 is 0 Å². The third-order valence-corrected chi connectivity index (χ3v) is 4.78. The van der Waals surface area contributed by atoms with Crippen molar-refractivity contribution < 1.29 is 9.47 Å². The quantitative estimate of drug-likeness (QED) is 0.767. The van der Waals surface area contributed by atoms with E-state index >= 15 is 0 Å². The highest BCUT2D eigenvalue weighted by atomic mass is 16.6. The summed E-state index contributed by atoms with van der Waals surface area (Å²) in [7, 11) is 0. The Morgan fingerprint density at radius 2 is 1.85 bits per heavy atom. The summed E-state index contributed by atoms with van der Waals surface area (Å²) in [6.45, 7) is 18.4. The molecule has 4 heteroatoms. The maximum Gasteiger partial charge on any atom is 0.161 e. The van der Waals surface area contributed by atoms with Crippen LogP contribution in [0.2, 0.25) is 0 Å². The Morgan fingerprint density at radius 3 is 2.46 bits per heavy atom. The van der Waals surface area contributed by atoms with Crippen molar-refractivity contribution in [1.29, 1.82) is 0 Å². The number of fused-ring (bicyclic) bond motifs is 1. The summed E-state index contributed by atoms with van der Waals surface area (Å²) in [6.07, 6.45) is 4.39. The van der Waals surface area contributed by atoms with Crippen LogP contribution in [0.5, 0.6) is 11.5 Å². The minimum absolute atomic E-state index is 0.355. The number of likely N-dealkylation sites (tertiary alicyclic amines) is 1. The molecule has 0 aliphatic carbocycles. The molecule has 2 aliphatic heterocycles. The van der Waals surface area contributed by atoms with Crippen molar-refractivity contribution in [1.82, 2.24) is 10.2 Å². The number of nitrogens with zero attached hydrogens (tertiary/aromatic N) is 1. The zero-order valence-corrected chi connectivity index (χ0v) is 16.6. The molecular weight excluding hydrogens is 324 g/mol. The Bertz CT molecular complexity index is 594. The van der Waals surface area contributed by atoms with E-state index in [1.807, 2.05) is 19.9 Å². The minimum Gasteiger partial charge on any atom is -0.486 e. The van der Waals surface area contributed by atoms with Crippen molar-refractivity contribution in [3.63, 3.8) is 0 Å². The SMILES string of the molecule is C=C(C)NC(CN1CCCC1)C(C)c1ccc2c(c1)OCCO2.C=CC. The van der Waals surface area contributed by atoms with Crippen LogP contribution < -0.4 is 14.8 Å². The average Bonchev–Trinajstić information content (AvgIpc) is 3.13. The van der Waals surface area contributed by atoms with Gasteiger partial charge >= 0.3 is 0 Å². The van der Waals surface area contributed by atoms with Gasteiger partial charge in [-0.25, -0.2) is 0 Å². The minimum atomic E-state index is 0.355. The van der Waals surface area contributed by atoms with E-state index < -0.39 is 0 Å². The number of rotatable bonds is 6. The molecule has 3 rings (SSSR count). The Hall–Kier alpha value is -1.94. The maximum absolute atomic E-state index is 5.74. The molecule has 0 radical (unpaired) electrons. The van der Waals surface area contributed by atoms with Gasteiger partial charge in [0, 0.05) is 24.2 Å². The first-order valence-corrected chi connectivity index (χ1v) is 9.66. The molecule has 1 saturated heterocycles. The zero-order chi connectivity index (χ0) is 18.9. The van der Waals surface area contributed by atoms with Crippen molar-refractivity contribution in [2.45, 2.75) is 45.6 Å². The summed E-state index contributed by atoms with van der Waals surface area (Å²) in [6, 6.07) is 6.69. The predicted molar refractivity (Wildman–Crippen MR) is 109 cm³/mol. The number of allylic oxidation sites excluding steroid dienone is 2. The second kappa shape index (κ2) is 10.3. The van der Waals surface area contributed by atoms with Crippen molar-refractivity contribution in [3.05, 3.63) is 48.7 Å². The molecule has 2 aliphatic rings. The normalized spacial score (nSPS) is 18.3. The van der Waals surface area contributed by atoms with Gasteiger partial charge in [-0.3, -0.25) is 0 Å². The van der Waals surface area contributed by atoms with Crippen LogP contribution in [0.1, 0.15) is 45.1 Å². The Labute approximate surface area is 158 Å². The van der Waals surface area contributed by atoms with Crippen LogP contribution in [0, 0.1) is 0 Å². The lowest BCUT2D eigenvalue weighted by Crippen LogP contribution is -2.42. The number of hydrogen-bond acceptors (Lipinski definition) is 4. The lowest BCUT2D eigenvalue weighted by atomic mass is 9.92. The molecular formula is C22H34N2O2. The van der Waals surface area contributed by atoms with Crippen molar-refractivity contribution in [2.75, 3.05) is 32.8 Å². The van der Waals surface area contributed by atoms with Gasteiger partial charge in [-0.1, -0.05) is 25.6 Å². The zero-order valence-electron chi connectivity index (χ0n) is 16.6. The van der Waals surface area contributed by atoms with Crippen LogP contribution in [0.3, 0.4) is 0 Å². The summed E-state index contributed by atoms with van der Waals surface area (Å²) < 4.78 is 11.4. The van der Waals surface area contributed by atoms with E-state index in [2.05, 4.69) is 42.4 Å². The van der Waals surface area contributed by atoms with Crippen LogP contribution >= 0.6 is 0 Å². The van der Waals surface area contributed by atoms with E-state index in [1.54, 1.807) is 6.08 Å². The van der Waals surface area contributed by atoms with Crippen LogP contribution in [0.4, 0.5) is 0 Å². The van der Waals surface area contributed by atoms with Crippen LogP contribution in [0.15, 0.2) is 43.1 Å². The molecule has 0 bridgehead atoms. The fraction of sp³-hybridized carbons (Fsp3) is 0.545. The van der Waals surface area contributed by atoms with Gasteiger partial charge in [0.25, 0.3) is 0 Å². The average molecular weight is 359 g/mol. The molecule has 2 unspecified atom stereocenters. The van der Waals surface area contributed by atoms with Crippen LogP contribution in [0.25, 0.3) is 0 Å². The first-order chi connectivity index (χ1) is 12.5. The van der Waals surface area contributed by atoms with E-state index in [0.29, 0.717) is 25.2 Å². The highest BCUT2D eigenvalue weighted by molar-refractivity contribution is 5.45. The summed E-state index contributed by atoms with van der Waals surface area (Å²) in [5, 5.41) is 3.58. The third kappa shape index (κ3) is 5.80. The number of benzene rings is 1. The smallest absolute Gasteiger partial charge is 0.161 e. The van der Waals surface area contributed by atoms with Gasteiger partial charge in [-0.2, -0.15) is 0 Å². The van der Waals surface area contributed by atoms with Gasteiger partial charge in [0.15, 0.2) is 11.5 Å². The maximum atomic E-state index is 5.74. The van der Waals surface area contributed by atoms with Gasteiger partial charge in [-0.05, 0) is 57.5 Å². The molecule has 0 amide bonds. The first-order valence-electron chi connectivity index (χ1n) is 9.66. The largest absolute Gasteiger partial charge is 0.486 e. The summed E-state index contributed by atoms with van der Waals surface area (Å²) in [5.74, 6) is 2.11. The molecule has 2 atom stereocenters. The van der Waals surface area contributed by atoms with E-state index in [0.717, 1.165) is 23.7 Å². The monoisotopic (exact) mass is 358 g/mol. The Balaban J connectivity index is 0.000000758. The highest BCUT2D eigenvalue weighted by Crippen LogP contribution is 2.34. The molecule has 26 heavy (non-hydrogen) atoms. The predicted octanol–water partition coefficient (Wildman–Crippen LogP) is 4.34. The summed E-state index contributed by atoms with van der Waals surface area (Å²) in [5.41, 5.74) is 2.31. The summed E-state index contributed by atoms with van der Waals surface area (Å²) >= 11 is 0. The van der Waals surface area contributed by atoms with Crippen LogP contribution in [-0.4, -0.2) is 43.8 Å². The molecule has 1 N–H and O–H groups in total.